The molecule has 1 fully saturated rings. The summed E-state index contributed by atoms with van der Waals surface area (Å²) in [6.45, 7) is 8.56. The lowest BCUT2D eigenvalue weighted by Gasteiger charge is -2.23. The lowest BCUT2D eigenvalue weighted by molar-refractivity contribution is -0.130. The van der Waals surface area contributed by atoms with Crippen LogP contribution >= 0.6 is 0 Å². The van der Waals surface area contributed by atoms with Gasteiger partial charge in [0, 0.05) is 31.8 Å². The van der Waals surface area contributed by atoms with Gasteiger partial charge in [0.05, 0.1) is 31.2 Å². The molecule has 2 heterocycles. The second-order valence-corrected chi connectivity index (χ2v) is 8.21. The molecule has 1 saturated heterocycles. The monoisotopic (exact) mass is 407 g/mol. The smallest absolute Gasteiger partial charge is 0.225 e. The zero-order valence-corrected chi connectivity index (χ0v) is 17.7. The van der Waals surface area contributed by atoms with Gasteiger partial charge in [-0.25, -0.2) is 0 Å². The van der Waals surface area contributed by atoms with E-state index in [-0.39, 0.29) is 41.8 Å². The summed E-state index contributed by atoms with van der Waals surface area (Å²) in [4.78, 5) is 50.5. The average Bonchev–Trinajstić information content (AvgIpc) is 3.29. The molecule has 9 nitrogen and oxygen atoms in total. The average molecular weight is 408 g/mol. The molecule has 0 aromatic carbocycles. The van der Waals surface area contributed by atoms with Crippen molar-refractivity contribution >= 4 is 23.4 Å². The summed E-state index contributed by atoms with van der Waals surface area (Å²) in [7, 11) is 0. The first-order valence-electron chi connectivity index (χ1n) is 10.2. The molecule has 3 atom stereocenters. The molecule has 2 rings (SSSR count). The van der Waals surface area contributed by atoms with Gasteiger partial charge < -0.3 is 21.3 Å². The van der Waals surface area contributed by atoms with Gasteiger partial charge in [-0.15, -0.1) is 0 Å². The summed E-state index contributed by atoms with van der Waals surface area (Å²) in [5.74, 6) is -0.746. The van der Waals surface area contributed by atoms with Crippen LogP contribution in [0.5, 0.6) is 0 Å². The van der Waals surface area contributed by atoms with Gasteiger partial charge in [-0.05, 0) is 25.8 Å². The van der Waals surface area contributed by atoms with E-state index in [1.807, 2.05) is 18.7 Å². The predicted molar refractivity (Wildman–Crippen MR) is 108 cm³/mol. The summed E-state index contributed by atoms with van der Waals surface area (Å²) in [5.41, 5.74) is 0.875. The fourth-order valence-electron chi connectivity index (χ4n) is 3.76. The highest BCUT2D eigenvalue weighted by Crippen LogP contribution is 2.18. The van der Waals surface area contributed by atoms with E-state index >= 15 is 0 Å². The van der Waals surface area contributed by atoms with Crippen LogP contribution < -0.4 is 21.3 Å². The van der Waals surface area contributed by atoms with Gasteiger partial charge in [0.2, 0.25) is 11.8 Å². The van der Waals surface area contributed by atoms with Crippen molar-refractivity contribution in [2.24, 2.45) is 11.8 Å². The largest absolute Gasteiger partial charge is 0.372 e. The first-order valence-corrected chi connectivity index (χ1v) is 10.2. The summed E-state index contributed by atoms with van der Waals surface area (Å²) >= 11 is 0. The first kappa shape index (κ1) is 22.9. The van der Waals surface area contributed by atoms with Crippen molar-refractivity contribution in [1.82, 2.24) is 26.2 Å². The molecule has 0 saturated carbocycles. The van der Waals surface area contributed by atoms with Crippen molar-refractivity contribution in [3.8, 4) is 0 Å². The van der Waals surface area contributed by atoms with Gasteiger partial charge in [-0.1, -0.05) is 13.8 Å². The van der Waals surface area contributed by atoms with E-state index in [0.29, 0.717) is 32.6 Å². The topological polar surface area (TPSA) is 120 Å². The lowest BCUT2D eigenvalue weighted by atomic mass is 9.99. The minimum atomic E-state index is -0.609. The van der Waals surface area contributed by atoms with E-state index in [2.05, 4.69) is 21.3 Å². The SMILES string of the molecule is CC(=O)N[C@@H](CC1=CNCN1)C(=O)CN1CCC(C(=O)N[C@H](C(C)=O)C(C)C)C1. The molecule has 162 valence electrons. The van der Waals surface area contributed by atoms with Crippen LogP contribution in [0.1, 0.15) is 40.5 Å². The predicted octanol–water partition coefficient (Wildman–Crippen LogP) is -0.506. The molecule has 9 heteroatoms. The van der Waals surface area contributed by atoms with Crippen LogP contribution in [0.3, 0.4) is 0 Å². The molecule has 0 spiro atoms. The van der Waals surface area contributed by atoms with Gasteiger partial charge in [-0.3, -0.25) is 24.1 Å². The fraction of sp³-hybridized carbons (Fsp3) is 0.700. The molecule has 2 aliphatic rings. The summed E-state index contributed by atoms with van der Waals surface area (Å²) in [5, 5.41) is 11.7. The third-order valence-electron chi connectivity index (χ3n) is 5.31. The van der Waals surface area contributed by atoms with Gasteiger partial charge in [0.25, 0.3) is 0 Å². The van der Waals surface area contributed by atoms with Crippen LogP contribution in [-0.2, 0) is 19.2 Å². The highest BCUT2D eigenvalue weighted by Gasteiger charge is 2.33. The van der Waals surface area contributed by atoms with Crippen LogP contribution in [0, 0.1) is 11.8 Å². The molecule has 29 heavy (non-hydrogen) atoms. The lowest BCUT2D eigenvalue weighted by Crippen LogP contribution is -2.47. The van der Waals surface area contributed by atoms with Gasteiger partial charge in [-0.2, -0.15) is 0 Å². The van der Waals surface area contributed by atoms with Crippen molar-refractivity contribution in [3.05, 3.63) is 11.9 Å². The molecular weight excluding hydrogens is 374 g/mol. The van der Waals surface area contributed by atoms with Crippen molar-refractivity contribution in [2.75, 3.05) is 26.3 Å². The number of amides is 2. The second kappa shape index (κ2) is 10.4. The number of rotatable bonds is 10. The highest BCUT2D eigenvalue weighted by atomic mass is 16.2. The Labute approximate surface area is 172 Å². The summed E-state index contributed by atoms with van der Waals surface area (Å²) in [6.07, 6.45) is 2.85. The van der Waals surface area contributed by atoms with Crippen LogP contribution in [0.15, 0.2) is 11.9 Å². The number of carbonyl (C=O) groups is 4. The maximum atomic E-state index is 12.8. The number of Topliss-reactive ketones (excluding diaryl/α,β-unsaturated/α-hetero) is 2. The first-order chi connectivity index (χ1) is 13.7. The van der Waals surface area contributed by atoms with E-state index in [9.17, 15) is 19.2 Å². The molecule has 0 aliphatic carbocycles. The standard InChI is InChI=1S/C20H33N5O4/c1-12(2)19(13(3)26)24-20(29)15-5-6-25(9-15)10-18(28)17(23-14(4)27)7-16-8-21-11-22-16/h8,12,15,17,19,21-22H,5-7,9-11H2,1-4H3,(H,23,27)(H,24,29)/t15?,17-,19-/m0/s1. The summed E-state index contributed by atoms with van der Waals surface area (Å²) < 4.78 is 0. The molecule has 1 unspecified atom stereocenters. The molecule has 0 bridgehead atoms. The van der Waals surface area contributed by atoms with E-state index in [4.69, 9.17) is 0 Å². The second-order valence-electron chi connectivity index (χ2n) is 8.21. The van der Waals surface area contributed by atoms with Crippen LogP contribution in [0.25, 0.3) is 0 Å². The molecular formula is C20H33N5O4. The van der Waals surface area contributed by atoms with E-state index in [1.54, 1.807) is 6.20 Å². The molecule has 0 aromatic heterocycles. The van der Waals surface area contributed by atoms with E-state index < -0.39 is 12.1 Å². The maximum absolute atomic E-state index is 12.8. The van der Waals surface area contributed by atoms with Crippen LogP contribution in [0.2, 0.25) is 0 Å². The Morgan fingerprint density at radius 2 is 1.93 bits per heavy atom. The Balaban J connectivity index is 1.89. The van der Waals surface area contributed by atoms with Crippen molar-refractivity contribution in [1.29, 1.82) is 0 Å². The zero-order valence-electron chi connectivity index (χ0n) is 17.7. The molecule has 2 amide bonds. The molecule has 0 aromatic rings. The number of ketones is 2. The number of likely N-dealkylation sites (tertiary alicyclic amines) is 1. The Bertz CT molecular complexity index is 676. The number of nitrogens with zero attached hydrogens (tertiary/aromatic N) is 1. The number of hydrogen-bond donors (Lipinski definition) is 4. The quantitative estimate of drug-likeness (QED) is 0.385. The van der Waals surface area contributed by atoms with Crippen molar-refractivity contribution in [2.45, 2.75) is 52.6 Å². The normalized spacial score (nSPS) is 21.0. The zero-order chi connectivity index (χ0) is 21.6. The minimum Gasteiger partial charge on any atom is -0.372 e. The fourth-order valence-corrected chi connectivity index (χ4v) is 3.76. The van der Waals surface area contributed by atoms with E-state index in [0.717, 1.165) is 5.70 Å². The molecule has 4 N–H and O–H groups in total. The molecule has 0 radical (unpaired) electrons. The van der Waals surface area contributed by atoms with E-state index in [1.165, 1.54) is 13.8 Å². The third-order valence-corrected chi connectivity index (χ3v) is 5.31. The van der Waals surface area contributed by atoms with Crippen LogP contribution in [-0.4, -0.2) is 66.7 Å². The van der Waals surface area contributed by atoms with Crippen molar-refractivity contribution < 1.29 is 19.2 Å². The Morgan fingerprint density at radius 1 is 1.21 bits per heavy atom. The van der Waals surface area contributed by atoms with Gasteiger partial charge >= 0.3 is 0 Å². The highest BCUT2D eigenvalue weighted by molar-refractivity contribution is 5.90. The third kappa shape index (κ3) is 6.85. The maximum Gasteiger partial charge on any atom is 0.225 e. The number of nitrogens with one attached hydrogen (secondary N) is 4. The summed E-state index contributed by atoms with van der Waals surface area (Å²) in [6, 6.07) is -1.09. The van der Waals surface area contributed by atoms with Gasteiger partial charge in [0.15, 0.2) is 11.6 Å². The van der Waals surface area contributed by atoms with Crippen LogP contribution in [0.4, 0.5) is 0 Å². The number of carbonyl (C=O) groups excluding carboxylic acids is 4. The van der Waals surface area contributed by atoms with Crippen molar-refractivity contribution in [3.63, 3.8) is 0 Å². The Morgan fingerprint density at radius 3 is 2.48 bits per heavy atom. The van der Waals surface area contributed by atoms with Gasteiger partial charge in [0.1, 0.15) is 0 Å². The number of hydrogen-bond acceptors (Lipinski definition) is 7. The minimum absolute atomic E-state index is 0.0296. The Hall–Kier alpha value is -2.42. The molecule has 2 aliphatic heterocycles. The Kier molecular flexibility index (Phi) is 8.19.